The second-order valence-electron chi connectivity index (χ2n) is 3.63. The van der Waals surface area contributed by atoms with Crippen molar-refractivity contribution in [3.8, 4) is 0 Å². The number of nitrogens with one attached hydrogen (secondary N) is 1. The van der Waals surface area contributed by atoms with Gasteiger partial charge in [0, 0.05) is 22.9 Å². The van der Waals surface area contributed by atoms with Crippen LogP contribution in [0.5, 0.6) is 0 Å². The first kappa shape index (κ1) is 12.4. The van der Waals surface area contributed by atoms with Crippen LogP contribution in [0.1, 0.15) is 0 Å². The molecule has 0 radical (unpaired) electrons. The molecule has 2 rings (SSSR count). The Hall–Kier alpha value is -2.07. The zero-order valence-electron chi connectivity index (χ0n) is 9.57. The van der Waals surface area contributed by atoms with Crippen LogP contribution in [0.25, 0.3) is 0 Å². The van der Waals surface area contributed by atoms with Crippen molar-refractivity contribution in [1.29, 1.82) is 0 Å². The highest BCUT2D eigenvalue weighted by Crippen LogP contribution is 2.21. The predicted molar refractivity (Wildman–Crippen MR) is 68.3 cm³/mol. The molecule has 0 aromatic heterocycles. The van der Waals surface area contributed by atoms with E-state index in [0.29, 0.717) is 22.2 Å². The molecule has 0 aliphatic heterocycles. The zero-order valence-corrected chi connectivity index (χ0v) is 10.3. The SMILES string of the molecule is COC1=CC(=O)C(=O)C=C1Nc1cccc(Cl)c1. The molecule has 0 unspecified atom stereocenters. The summed E-state index contributed by atoms with van der Waals surface area (Å²) in [5, 5.41) is 3.56. The van der Waals surface area contributed by atoms with Gasteiger partial charge in [-0.15, -0.1) is 0 Å². The van der Waals surface area contributed by atoms with Gasteiger partial charge in [0.25, 0.3) is 0 Å². The normalized spacial score (nSPS) is 15.0. The maximum atomic E-state index is 11.3. The number of halogens is 1. The molecule has 0 saturated carbocycles. The fraction of sp³-hybridized carbons (Fsp3) is 0.0769. The smallest absolute Gasteiger partial charge is 0.229 e. The van der Waals surface area contributed by atoms with Gasteiger partial charge >= 0.3 is 0 Å². The van der Waals surface area contributed by atoms with Gasteiger partial charge in [-0.3, -0.25) is 9.59 Å². The molecule has 1 aliphatic carbocycles. The Balaban J connectivity index is 2.28. The average molecular weight is 264 g/mol. The summed E-state index contributed by atoms with van der Waals surface area (Å²) < 4.78 is 5.05. The van der Waals surface area contributed by atoms with E-state index in [4.69, 9.17) is 16.3 Å². The first-order valence-electron chi connectivity index (χ1n) is 5.19. The Bertz CT molecular complexity index is 575. The third-order valence-corrected chi connectivity index (χ3v) is 2.60. The summed E-state index contributed by atoms with van der Waals surface area (Å²) >= 11 is 5.86. The third kappa shape index (κ3) is 2.60. The van der Waals surface area contributed by atoms with Crippen molar-refractivity contribution in [3.05, 3.63) is 52.9 Å². The molecule has 0 fully saturated rings. The van der Waals surface area contributed by atoms with E-state index in [1.54, 1.807) is 24.3 Å². The molecule has 0 spiro atoms. The average Bonchev–Trinajstić information content (AvgIpc) is 2.33. The highest BCUT2D eigenvalue weighted by atomic mass is 35.5. The maximum absolute atomic E-state index is 11.3. The molecule has 0 heterocycles. The second-order valence-corrected chi connectivity index (χ2v) is 4.07. The van der Waals surface area contributed by atoms with Crippen molar-refractivity contribution >= 4 is 28.9 Å². The van der Waals surface area contributed by atoms with Crippen LogP contribution in [0.3, 0.4) is 0 Å². The lowest BCUT2D eigenvalue weighted by atomic mass is 10.1. The van der Waals surface area contributed by atoms with E-state index in [0.717, 1.165) is 6.08 Å². The summed E-state index contributed by atoms with van der Waals surface area (Å²) in [6, 6.07) is 7.01. The quantitative estimate of drug-likeness (QED) is 0.672. The Morgan fingerprint density at radius 2 is 1.89 bits per heavy atom. The standard InChI is InChI=1S/C13H10ClNO3/c1-18-13-7-12(17)11(16)6-10(13)15-9-4-2-3-8(14)5-9/h2-7,15H,1H3. The van der Waals surface area contributed by atoms with Crippen LogP contribution >= 0.6 is 11.6 Å². The van der Waals surface area contributed by atoms with Crippen molar-refractivity contribution < 1.29 is 14.3 Å². The molecule has 18 heavy (non-hydrogen) atoms. The lowest BCUT2D eigenvalue weighted by molar-refractivity contribution is -0.131. The molecule has 1 aliphatic rings. The number of benzene rings is 1. The minimum Gasteiger partial charge on any atom is -0.494 e. The summed E-state index contributed by atoms with van der Waals surface area (Å²) in [6.07, 6.45) is 2.37. The molecule has 0 atom stereocenters. The van der Waals surface area contributed by atoms with E-state index < -0.39 is 11.6 Å². The fourth-order valence-electron chi connectivity index (χ4n) is 1.53. The predicted octanol–water partition coefficient (Wildman–Crippen LogP) is 2.32. The number of ketones is 2. The number of anilines is 1. The molecule has 92 valence electrons. The molecule has 0 amide bonds. The van der Waals surface area contributed by atoms with Crippen LogP contribution in [-0.4, -0.2) is 18.7 Å². The summed E-state index contributed by atoms with van der Waals surface area (Å²) in [6.45, 7) is 0. The van der Waals surface area contributed by atoms with Gasteiger partial charge in [-0.2, -0.15) is 0 Å². The third-order valence-electron chi connectivity index (χ3n) is 2.37. The highest BCUT2D eigenvalue weighted by Gasteiger charge is 2.20. The number of ether oxygens (including phenoxy) is 1. The molecule has 1 N–H and O–H groups in total. The number of hydrogen-bond donors (Lipinski definition) is 1. The molecule has 0 saturated heterocycles. The van der Waals surface area contributed by atoms with E-state index in [1.807, 2.05) is 0 Å². The van der Waals surface area contributed by atoms with Gasteiger partial charge in [-0.1, -0.05) is 17.7 Å². The topological polar surface area (TPSA) is 55.4 Å². The maximum Gasteiger partial charge on any atom is 0.229 e. The number of carbonyl (C=O) groups excluding carboxylic acids is 2. The van der Waals surface area contributed by atoms with Crippen molar-refractivity contribution in [1.82, 2.24) is 0 Å². The van der Waals surface area contributed by atoms with Gasteiger partial charge in [0.1, 0.15) is 5.76 Å². The summed E-state index contributed by atoms with van der Waals surface area (Å²) in [7, 11) is 1.43. The first-order valence-corrected chi connectivity index (χ1v) is 5.56. The van der Waals surface area contributed by atoms with Crippen LogP contribution < -0.4 is 5.32 Å². The van der Waals surface area contributed by atoms with Gasteiger partial charge < -0.3 is 10.1 Å². The lowest BCUT2D eigenvalue weighted by Gasteiger charge is -2.15. The van der Waals surface area contributed by atoms with Crippen molar-refractivity contribution in [3.63, 3.8) is 0 Å². The van der Waals surface area contributed by atoms with Crippen LogP contribution in [0.4, 0.5) is 5.69 Å². The number of allylic oxidation sites excluding steroid dienone is 2. The first-order chi connectivity index (χ1) is 8.60. The second kappa shape index (κ2) is 5.06. The number of rotatable bonds is 3. The monoisotopic (exact) mass is 263 g/mol. The summed E-state index contributed by atoms with van der Waals surface area (Å²) in [5.41, 5.74) is 1.14. The van der Waals surface area contributed by atoms with Gasteiger partial charge in [0.15, 0.2) is 0 Å². The Morgan fingerprint density at radius 1 is 1.17 bits per heavy atom. The zero-order chi connectivity index (χ0) is 13.1. The summed E-state index contributed by atoms with van der Waals surface area (Å²) in [5.74, 6) is -0.858. The van der Waals surface area contributed by atoms with Crippen LogP contribution in [-0.2, 0) is 14.3 Å². The Morgan fingerprint density at radius 3 is 2.56 bits per heavy atom. The van der Waals surface area contributed by atoms with E-state index in [1.165, 1.54) is 13.2 Å². The van der Waals surface area contributed by atoms with Gasteiger partial charge in [-0.25, -0.2) is 0 Å². The van der Waals surface area contributed by atoms with Crippen molar-refractivity contribution in [2.75, 3.05) is 12.4 Å². The molecular formula is C13H10ClNO3. The van der Waals surface area contributed by atoms with Crippen LogP contribution in [0.15, 0.2) is 47.9 Å². The van der Waals surface area contributed by atoms with Crippen molar-refractivity contribution in [2.45, 2.75) is 0 Å². The largest absolute Gasteiger partial charge is 0.494 e. The van der Waals surface area contributed by atoms with Gasteiger partial charge in [0.05, 0.1) is 12.8 Å². The lowest BCUT2D eigenvalue weighted by Crippen LogP contribution is -2.19. The van der Waals surface area contributed by atoms with Crippen LogP contribution in [0, 0.1) is 0 Å². The van der Waals surface area contributed by atoms with Gasteiger partial charge in [-0.05, 0) is 18.2 Å². The molecular weight excluding hydrogens is 254 g/mol. The van der Waals surface area contributed by atoms with E-state index in [9.17, 15) is 9.59 Å². The number of carbonyl (C=O) groups is 2. The minimum atomic E-state index is -0.594. The van der Waals surface area contributed by atoms with E-state index >= 15 is 0 Å². The molecule has 1 aromatic rings. The molecule has 4 nitrogen and oxygen atoms in total. The van der Waals surface area contributed by atoms with Crippen molar-refractivity contribution in [2.24, 2.45) is 0 Å². The number of hydrogen-bond acceptors (Lipinski definition) is 4. The minimum absolute atomic E-state index is 0.319. The van der Waals surface area contributed by atoms with E-state index in [-0.39, 0.29) is 0 Å². The van der Waals surface area contributed by atoms with Crippen LogP contribution in [0.2, 0.25) is 5.02 Å². The Kier molecular flexibility index (Phi) is 3.48. The Labute approximate surface area is 109 Å². The summed E-state index contributed by atoms with van der Waals surface area (Å²) in [4.78, 5) is 22.5. The highest BCUT2D eigenvalue weighted by molar-refractivity contribution is 6.46. The van der Waals surface area contributed by atoms with E-state index in [2.05, 4.69) is 5.32 Å². The molecule has 1 aromatic carbocycles. The fourth-order valence-corrected chi connectivity index (χ4v) is 1.72. The molecule has 5 heteroatoms. The number of methoxy groups -OCH3 is 1. The molecule has 0 bridgehead atoms. The van der Waals surface area contributed by atoms with Gasteiger partial charge in [0.2, 0.25) is 11.6 Å².